The Balaban J connectivity index is 1.38. The average Bonchev–Trinajstić information content (AvgIpc) is 2.88. The van der Waals surface area contributed by atoms with Gasteiger partial charge in [-0.05, 0) is 69.1 Å². The molecule has 3 heterocycles. The van der Waals surface area contributed by atoms with Gasteiger partial charge >= 0.3 is 5.97 Å². The van der Waals surface area contributed by atoms with Crippen molar-refractivity contribution in [2.24, 2.45) is 5.41 Å². The van der Waals surface area contributed by atoms with Crippen molar-refractivity contribution in [2.45, 2.75) is 36.8 Å². The summed E-state index contributed by atoms with van der Waals surface area (Å²) in [5.74, 6) is 0.669. The Morgan fingerprint density at radius 3 is 2.71 bits per heavy atom. The number of alkyl halides is 1. The van der Waals surface area contributed by atoms with E-state index in [1.54, 1.807) is 49.5 Å². The predicted molar refractivity (Wildman–Crippen MR) is 137 cm³/mol. The van der Waals surface area contributed by atoms with Gasteiger partial charge in [-0.1, -0.05) is 11.6 Å². The number of piperidine rings is 1. The molecule has 1 saturated heterocycles. The van der Waals surface area contributed by atoms with Crippen molar-refractivity contribution in [3.63, 3.8) is 0 Å². The summed E-state index contributed by atoms with van der Waals surface area (Å²) in [5.41, 5.74) is 0.0481. The third-order valence-corrected chi connectivity index (χ3v) is 8.14. The van der Waals surface area contributed by atoms with Crippen molar-refractivity contribution < 1.29 is 19.0 Å². The molecule has 0 amide bonds. The number of halogens is 2. The summed E-state index contributed by atoms with van der Waals surface area (Å²) >= 11 is 8.12. The Kier molecular flexibility index (Phi) is 8.46. The summed E-state index contributed by atoms with van der Waals surface area (Å²) in [4.78, 5) is 24.1. The quantitative estimate of drug-likeness (QED) is 0.328. The van der Waals surface area contributed by atoms with E-state index in [4.69, 9.17) is 16.3 Å². The van der Waals surface area contributed by atoms with Gasteiger partial charge in [0.2, 0.25) is 0 Å². The molecule has 1 N–H and O–H groups in total. The minimum atomic E-state index is -1.40. The van der Waals surface area contributed by atoms with Crippen molar-refractivity contribution in [1.82, 2.24) is 14.9 Å². The van der Waals surface area contributed by atoms with Gasteiger partial charge in [-0.15, -0.1) is 11.8 Å². The van der Waals surface area contributed by atoms with E-state index in [-0.39, 0.29) is 17.9 Å². The van der Waals surface area contributed by atoms with Gasteiger partial charge in [-0.25, -0.2) is 4.39 Å². The topological polar surface area (TPSA) is 75.6 Å². The van der Waals surface area contributed by atoms with Crippen LogP contribution in [0.25, 0.3) is 10.9 Å². The number of pyridine rings is 2. The van der Waals surface area contributed by atoms with Crippen LogP contribution in [-0.2, 0) is 4.79 Å². The summed E-state index contributed by atoms with van der Waals surface area (Å²) in [5, 5.41) is 10.9. The lowest BCUT2D eigenvalue weighted by atomic mass is 9.74. The number of hydrogen-bond acceptors (Lipinski definition) is 6. The lowest BCUT2D eigenvalue weighted by molar-refractivity contribution is -0.153. The van der Waals surface area contributed by atoms with Gasteiger partial charge in [0.1, 0.15) is 11.9 Å². The van der Waals surface area contributed by atoms with Crippen LogP contribution in [-0.4, -0.2) is 58.4 Å². The van der Waals surface area contributed by atoms with Crippen molar-refractivity contribution in [3.8, 4) is 5.75 Å². The largest absolute Gasteiger partial charge is 0.497 e. The SMILES string of the molecule is COc1ccc2ncc(Cl)c(C(F)CCC3(C(=O)O)CCN(CCSc4ccncc4)CC3)c2c1. The maximum Gasteiger partial charge on any atom is 0.309 e. The summed E-state index contributed by atoms with van der Waals surface area (Å²) in [7, 11) is 1.55. The second kappa shape index (κ2) is 11.5. The number of carbonyl (C=O) groups is 1. The molecule has 9 heteroatoms. The molecular weight excluding hydrogens is 489 g/mol. The number of thioether (sulfide) groups is 1. The number of benzene rings is 1. The first-order chi connectivity index (χ1) is 16.9. The van der Waals surface area contributed by atoms with E-state index in [2.05, 4.69) is 14.9 Å². The van der Waals surface area contributed by atoms with Crippen LogP contribution >= 0.6 is 23.4 Å². The fraction of sp³-hybridized carbons (Fsp3) is 0.423. The zero-order valence-electron chi connectivity index (χ0n) is 19.6. The van der Waals surface area contributed by atoms with Crippen molar-refractivity contribution >= 4 is 40.2 Å². The number of aromatic nitrogens is 2. The van der Waals surface area contributed by atoms with Gasteiger partial charge in [-0.2, -0.15) is 0 Å². The maximum absolute atomic E-state index is 15.6. The molecule has 6 nitrogen and oxygen atoms in total. The molecule has 1 atom stereocenters. The monoisotopic (exact) mass is 517 g/mol. The Labute approximate surface area is 213 Å². The third kappa shape index (κ3) is 6.05. The van der Waals surface area contributed by atoms with Crippen molar-refractivity contribution in [3.05, 3.63) is 59.5 Å². The highest BCUT2D eigenvalue weighted by Crippen LogP contribution is 2.42. The van der Waals surface area contributed by atoms with Gasteiger partial charge < -0.3 is 14.7 Å². The Hall–Kier alpha value is -2.42. The standard InChI is InChI=1S/C26H29ClFN3O3S/c1-34-18-2-3-23-20(16-18)24(21(27)17-30-23)22(28)4-7-26(25(32)33)8-12-31(13-9-26)14-15-35-19-5-10-29-11-6-19/h2-3,5-6,10-11,16-17,22H,4,7-9,12-15H2,1H3,(H,32,33). The number of carboxylic acid groups (broad SMARTS) is 1. The van der Waals surface area contributed by atoms with Gasteiger partial charge in [0.15, 0.2) is 0 Å². The van der Waals surface area contributed by atoms with Crippen molar-refractivity contribution in [2.75, 3.05) is 32.5 Å². The molecule has 35 heavy (non-hydrogen) atoms. The zero-order chi connectivity index (χ0) is 24.8. The molecule has 186 valence electrons. The predicted octanol–water partition coefficient (Wildman–Crippen LogP) is 6.04. The fourth-order valence-corrected chi connectivity index (χ4v) is 5.83. The lowest BCUT2D eigenvalue weighted by Gasteiger charge is -2.39. The molecule has 3 aromatic rings. The number of rotatable bonds is 10. The van der Waals surface area contributed by atoms with Crippen molar-refractivity contribution in [1.29, 1.82) is 0 Å². The molecule has 1 fully saturated rings. The highest BCUT2D eigenvalue weighted by atomic mass is 35.5. The molecular formula is C26H29ClFN3O3S. The van der Waals surface area contributed by atoms with Crippen LogP contribution in [0.5, 0.6) is 5.75 Å². The molecule has 1 unspecified atom stereocenters. The minimum Gasteiger partial charge on any atom is -0.497 e. The molecule has 0 spiro atoms. The van der Waals surface area contributed by atoms with E-state index in [0.717, 1.165) is 12.3 Å². The van der Waals surface area contributed by atoms with E-state index in [0.29, 0.717) is 48.1 Å². The normalized spacial score (nSPS) is 16.8. The molecule has 0 saturated carbocycles. The fourth-order valence-electron chi connectivity index (χ4n) is 4.66. The Morgan fingerprint density at radius 2 is 2.03 bits per heavy atom. The second-order valence-electron chi connectivity index (χ2n) is 8.87. The van der Waals surface area contributed by atoms with Gasteiger partial charge in [0, 0.05) is 46.7 Å². The number of aliphatic carboxylic acids is 1. The number of fused-ring (bicyclic) bond motifs is 1. The number of nitrogens with zero attached hydrogens (tertiary/aromatic N) is 3. The number of hydrogen-bond donors (Lipinski definition) is 1. The smallest absolute Gasteiger partial charge is 0.309 e. The second-order valence-corrected chi connectivity index (χ2v) is 10.4. The average molecular weight is 518 g/mol. The van der Waals surface area contributed by atoms with Crippen LogP contribution in [0.1, 0.15) is 37.4 Å². The summed E-state index contributed by atoms with van der Waals surface area (Å²) in [6, 6.07) is 9.23. The first-order valence-electron chi connectivity index (χ1n) is 11.7. The molecule has 0 aliphatic carbocycles. The van der Waals surface area contributed by atoms with E-state index >= 15 is 4.39 Å². The number of ether oxygens (including phenoxy) is 1. The van der Waals surface area contributed by atoms with Gasteiger partial charge in [0.05, 0.1) is 23.1 Å². The van der Waals surface area contributed by atoms with E-state index < -0.39 is 17.6 Å². The Morgan fingerprint density at radius 1 is 1.29 bits per heavy atom. The highest BCUT2D eigenvalue weighted by Gasteiger charge is 2.41. The van der Waals surface area contributed by atoms with Crippen LogP contribution in [0, 0.1) is 5.41 Å². The van der Waals surface area contributed by atoms with Crippen LogP contribution in [0.15, 0.2) is 53.8 Å². The van der Waals surface area contributed by atoms with Crippen LogP contribution < -0.4 is 4.74 Å². The molecule has 1 aliphatic rings. The molecule has 1 aromatic carbocycles. The first-order valence-corrected chi connectivity index (χ1v) is 13.0. The maximum atomic E-state index is 15.6. The number of methoxy groups -OCH3 is 1. The van der Waals surface area contributed by atoms with E-state index in [1.165, 1.54) is 11.1 Å². The Bertz CT molecular complexity index is 1160. The van der Waals surface area contributed by atoms with Crippen LogP contribution in [0.3, 0.4) is 0 Å². The molecule has 0 bridgehead atoms. The number of carboxylic acids is 1. The summed E-state index contributed by atoms with van der Waals surface area (Å²) in [6.45, 7) is 2.27. The highest BCUT2D eigenvalue weighted by molar-refractivity contribution is 7.99. The lowest BCUT2D eigenvalue weighted by Crippen LogP contribution is -2.45. The molecule has 0 radical (unpaired) electrons. The number of likely N-dealkylation sites (tertiary alicyclic amines) is 1. The summed E-state index contributed by atoms with van der Waals surface area (Å²) in [6.07, 6.45) is 4.97. The summed E-state index contributed by atoms with van der Waals surface area (Å²) < 4.78 is 20.9. The first kappa shape index (κ1) is 25.7. The van der Waals surface area contributed by atoms with Gasteiger partial charge in [-0.3, -0.25) is 14.8 Å². The van der Waals surface area contributed by atoms with E-state index in [9.17, 15) is 9.90 Å². The van der Waals surface area contributed by atoms with E-state index in [1.807, 2.05) is 12.1 Å². The van der Waals surface area contributed by atoms with Gasteiger partial charge in [0.25, 0.3) is 0 Å². The minimum absolute atomic E-state index is 0.0836. The zero-order valence-corrected chi connectivity index (χ0v) is 21.2. The third-order valence-electron chi connectivity index (χ3n) is 6.85. The van der Waals surface area contributed by atoms with Crippen LogP contribution in [0.2, 0.25) is 5.02 Å². The molecule has 1 aliphatic heterocycles. The van der Waals surface area contributed by atoms with Crippen LogP contribution in [0.4, 0.5) is 4.39 Å². The molecule has 4 rings (SSSR count). The molecule has 2 aromatic heterocycles.